The molecule has 4 heteroatoms. The van der Waals surface area contributed by atoms with Crippen LogP contribution in [0.1, 0.15) is 12.7 Å². The van der Waals surface area contributed by atoms with Crippen molar-refractivity contribution in [2.45, 2.75) is 6.92 Å². The SMILES string of the molecule is CCNC(=O)/C=C/c1ccc(I)o1. The van der Waals surface area contributed by atoms with Gasteiger partial charge < -0.3 is 9.73 Å². The number of hydrogen-bond donors (Lipinski definition) is 1. The number of likely N-dealkylation sites (N-methyl/N-ethyl adjacent to an activating group) is 1. The monoisotopic (exact) mass is 291 g/mol. The van der Waals surface area contributed by atoms with Crippen LogP contribution in [0.25, 0.3) is 6.08 Å². The molecule has 0 bridgehead atoms. The fourth-order valence-electron chi connectivity index (χ4n) is 0.809. The molecule has 1 heterocycles. The molecule has 0 aliphatic rings. The Kier molecular flexibility index (Phi) is 4.01. The summed E-state index contributed by atoms with van der Waals surface area (Å²) < 4.78 is 6.04. The first-order chi connectivity index (χ1) is 6.22. The van der Waals surface area contributed by atoms with Gasteiger partial charge in [0.1, 0.15) is 5.76 Å². The fraction of sp³-hybridized carbons (Fsp3) is 0.222. The van der Waals surface area contributed by atoms with Crippen molar-refractivity contribution in [3.8, 4) is 0 Å². The van der Waals surface area contributed by atoms with Gasteiger partial charge in [0.25, 0.3) is 0 Å². The largest absolute Gasteiger partial charge is 0.451 e. The van der Waals surface area contributed by atoms with E-state index in [-0.39, 0.29) is 5.91 Å². The maximum absolute atomic E-state index is 11.0. The van der Waals surface area contributed by atoms with E-state index in [0.717, 1.165) is 3.77 Å². The van der Waals surface area contributed by atoms with E-state index in [9.17, 15) is 4.79 Å². The van der Waals surface area contributed by atoms with Crippen LogP contribution in [0.15, 0.2) is 22.6 Å². The third-order valence-electron chi connectivity index (χ3n) is 1.34. The van der Waals surface area contributed by atoms with Gasteiger partial charge in [0.2, 0.25) is 5.91 Å². The van der Waals surface area contributed by atoms with Gasteiger partial charge in [-0.3, -0.25) is 4.79 Å². The lowest BCUT2D eigenvalue weighted by Gasteiger charge is -1.92. The van der Waals surface area contributed by atoms with Crippen LogP contribution in [-0.2, 0) is 4.79 Å². The highest BCUT2D eigenvalue weighted by Crippen LogP contribution is 2.10. The molecule has 0 atom stereocenters. The van der Waals surface area contributed by atoms with Crippen LogP contribution in [0.5, 0.6) is 0 Å². The molecule has 0 saturated heterocycles. The maximum atomic E-state index is 11.0. The Labute approximate surface area is 90.3 Å². The second-order valence-electron chi connectivity index (χ2n) is 2.37. The molecular weight excluding hydrogens is 281 g/mol. The molecule has 1 aromatic heterocycles. The minimum absolute atomic E-state index is 0.103. The summed E-state index contributed by atoms with van der Waals surface area (Å²) in [6, 6.07) is 3.66. The van der Waals surface area contributed by atoms with Gasteiger partial charge in [0.15, 0.2) is 3.77 Å². The quantitative estimate of drug-likeness (QED) is 0.684. The molecule has 0 saturated carbocycles. The lowest BCUT2D eigenvalue weighted by molar-refractivity contribution is -0.116. The lowest BCUT2D eigenvalue weighted by Crippen LogP contribution is -2.19. The second-order valence-corrected chi connectivity index (χ2v) is 3.43. The van der Waals surface area contributed by atoms with Crippen LogP contribution in [-0.4, -0.2) is 12.5 Å². The summed E-state index contributed by atoms with van der Waals surface area (Å²) in [7, 11) is 0. The van der Waals surface area contributed by atoms with Gasteiger partial charge in [-0.1, -0.05) is 0 Å². The molecule has 0 radical (unpaired) electrons. The van der Waals surface area contributed by atoms with E-state index in [1.807, 2.05) is 19.1 Å². The number of nitrogens with one attached hydrogen (secondary N) is 1. The summed E-state index contributed by atoms with van der Waals surface area (Å²) in [6.45, 7) is 2.51. The molecule has 1 aromatic rings. The molecule has 3 nitrogen and oxygen atoms in total. The highest BCUT2D eigenvalue weighted by molar-refractivity contribution is 14.1. The first-order valence-electron chi connectivity index (χ1n) is 3.93. The van der Waals surface area contributed by atoms with E-state index in [0.29, 0.717) is 12.3 Å². The zero-order valence-corrected chi connectivity index (χ0v) is 9.37. The number of carbonyl (C=O) groups excluding carboxylic acids is 1. The Hall–Kier alpha value is -0.780. The van der Waals surface area contributed by atoms with Crippen LogP contribution in [0.3, 0.4) is 0 Å². The molecular formula is C9H10INO2. The van der Waals surface area contributed by atoms with Crippen LogP contribution in [0.4, 0.5) is 0 Å². The molecule has 1 amide bonds. The number of carbonyl (C=O) groups is 1. The Balaban J connectivity index is 2.53. The number of rotatable bonds is 3. The van der Waals surface area contributed by atoms with Crippen LogP contribution in [0, 0.1) is 3.77 Å². The Morgan fingerprint density at radius 1 is 1.69 bits per heavy atom. The van der Waals surface area contributed by atoms with Crippen molar-refractivity contribution < 1.29 is 9.21 Å². The molecule has 0 aliphatic carbocycles. The van der Waals surface area contributed by atoms with Gasteiger partial charge >= 0.3 is 0 Å². The summed E-state index contributed by atoms with van der Waals surface area (Å²) >= 11 is 2.07. The van der Waals surface area contributed by atoms with Crippen molar-refractivity contribution in [2.75, 3.05) is 6.54 Å². The molecule has 70 valence electrons. The van der Waals surface area contributed by atoms with Gasteiger partial charge in [-0.25, -0.2) is 0 Å². The summed E-state index contributed by atoms with van der Waals surface area (Å²) in [6.07, 6.45) is 3.10. The van der Waals surface area contributed by atoms with Crippen molar-refractivity contribution in [1.82, 2.24) is 5.32 Å². The van der Waals surface area contributed by atoms with Gasteiger partial charge in [0, 0.05) is 12.6 Å². The Bertz CT molecular complexity index is 317. The third-order valence-corrected chi connectivity index (χ3v) is 1.92. The van der Waals surface area contributed by atoms with E-state index >= 15 is 0 Å². The van der Waals surface area contributed by atoms with Crippen molar-refractivity contribution in [1.29, 1.82) is 0 Å². The summed E-state index contributed by atoms with van der Waals surface area (Å²) in [5.74, 6) is 0.588. The van der Waals surface area contributed by atoms with Gasteiger partial charge in [-0.2, -0.15) is 0 Å². The number of amides is 1. The van der Waals surface area contributed by atoms with E-state index in [1.165, 1.54) is 6.08 Å². The standard InChI is InChI=1S/C9H10INO2/c1-2-11-9(12)6-4-7-3-5-8(10)13-7/h3-6H,2H2,1H3,(H,11,12)/b6-4+. The Morgan fingerprint density at radius 2 is 2.46 bits per heavy atom. The van der Waals surface area contributed by atoms with Crippen molar-refractivity contribution in [3.63, 3.8) is 0 Å². The maximum Gasteiger partial charge on any atom is 0.244 e. The first-order valence-corrected chi connectivity index (χ1v) is 5.01. The topological polar surface area (TPSA) is 42.2 Å². The average Bonchev–Trinajstić information content (AvgIpc) is 2.49. The van der Waals surface area contributed by atoms with E-state index < -0.39 is 0 Å². The zero-order valence-electron chi connectivity index (χ0n) is 7.21. The summed E-state index contributed by atoms with van der Waals surface area (Å²) in [4.78, 5) is 11.0. The van der Waals surface area contributed by atoms with E-state index in [2.05, 4.69) is 27.9 Å². The Morgan fingerprint density at radius 3 is 3.00 bits per heavy atom. The molecule has 0 aromatic carbocycles. The predicted octanol–water partition coefficient (Wildman–Crippen LogP) is 2.03. The van der Waals surface area contributed by atoms with Crippen LogP contribution >= 0.6 is 22.6 Å². The molecule has 0 spiro atoms. The average molecular weight is 291 g/mol. The van der Waals surface area contributed by atoms with Crippen molar-refractivity contribution in [3.05, 3.63) is 27.7 Å². The van der Waals surface area contributed by atoms with Gasteiger partial charge in [-0.05, 0) is 47.7 Å². The normalized spacial score (nSPS) is 10.6. The summed E-state index contributed by atoms with van der Waals surface area (Å²) in [5, 5.41) is 2.65. The van der Waals surface area contributed by atoms with E-state index in [1.54, 1.807) is 6.08 Å². The number of halogens is 1. The number of furan rings is 1. The first kappa shape index (κ1) is 10.3. The van der Waals surface area contributed by atoms with Crippen LogP contribution in [0.2, 0.25) is 0 Å². The van der Waals surface area contributed by atoms with Crippen LogP contribution < -0.4 is 5.32 Å². The molecule has 13 heavy (non-hydrogen) atoms. The molecule has 1 rings (SSSR count). The fourth-order valence-corrected chi connectivity index (χ4v) is 1.24. The minimum atomic E-state index is -0.103. The van der Waals surface area contributed by atoms with Gasteiger partial charge in [-0.15, -0.1) is 0 Å². The zero-order chi connectivity index (χ0) is 9.68. The highest BCUT2D eigenvalue weighted by atomic mass is 127. The minimum Gasteiger partial charge on any atom is -0.451 e. The van der Waals surface area contributed by atoms with Crippen molar-refractivity contribution >= 4 is 34.6 Å². The van der Waals surface area contributed by atoms with Crippen molar-refractivity contribution in [2.24, 2.45) is 0 Å². The second kappa shape index (κ2) is 5.06. The van der Waals surface area contributed by atoms with Gasteiger partial charge in [0.05, 0.1) is 0 Å². The smallest absolute Gasteiger partial charge is 0.244 e. The third kappa shape index (κ3) is 3.63. The predicted molar refractivity (Wildman–Crippen MR) is 59.1 cm³/mol. The number of hydrogen-bond acceptors (Lipinski definition) is 2. The highest BCUT2D eigenvalue weighted by Gasteiger charge is 1.95. The molecule has 0 aliphatic heterocycles. The molecule has 0 fully saturated rings. The molecule has 1 N–H and O–H groups in total. The lowest BCUT2D eigenvalue weighted by atomic mass is 10.4. The van der Waals surface area contributed by atoms with E-state index in [4.69, 9.17) is 4.42 Å². The summed E-state index contributed by atoms with van der Waals surface area (Å²) in [5.41, 5.74) is 0. The molecule has 0 unspecified atom stereocenters.